The van der Waals surface area contributed by atoms with E-state index in [0.717, 1.165) is 28.4 Å². The Kier molecular flexibility index (Phi) is 5.50. The monoisotopic (exact) mass is 395 g/mol. The van der Waals surface area contributed by atoms with Crippen LogP contribution in [-0.4, -0.2) is 35.4 Å². The van der Waals surface area contributed by atoms with Gasteiger partial charge in [-0.25, -0.2) is 9.37 Å². The first-order valence-electron chi connectivity index (χ1n) is 9.37. The summed E-state index contributed by atoms with van der Waals surface area (Å²) in [5.74, 6) is -0.255. The lowest BCUT2D eigenvalue weighted by molar-refractivity contribution is -0.133. The number of hydrogen-bond acceptors (Lipinski definition) is 4. The van der Waals surface area contributed by atoms with Gasteiger partial charge in [-0.15, -0.1) is 11.3 Å². The van der Waals surface area contributed by atoms with Crippen molar-refractivity contribution in [3.05, 3.63) is 76.5 Å². The van der Waals surface area contributed by atoms with Crippen LogP contribution >= 0.6 is 11.3 Å². The third-order valence-electron chi connectivity index (χ3n) is 4.95. The van der Waals surface area contributed by atoms with Crippen molar-refractivity contribution in [1.29, 1.82) is 0 Å². The van der Waals surface area contributed by atoms with Gasteiger partial charge in [0.05, 0.1) is 18.2 Å². The Morgan fingerprint density at radius 3 is 2.96 bits per heavy atom. The molecule has 1 amide bonds. The number of aryl methyl sites for hydroxylation is 1. The second-order valence-electron chi connectivity index (χ2n) is 7.05. The largest absolute Gasteiger partial charge is 0.333 e. The van der Waals surface area contributed by atoms with Gasteiger partial charge >= 0.3 is 0 Å². The van der Waals surface area contributed by atoms with E-state index in [1.165, 1.54) is 17.7 Å². The van der Waals surface area contributed by atoms with Crippen LogP contribution in [0.3, 0.4) is 0 Å². The zero-order chi connectivity index (χ0) is 19.5. The molecular formula is C22H22FN3OS. The fraction of sp³-hybridized carbons (Fsp3) is 0.273. The molecule has 1 aliphatic heterocycles. The number of piperazine rings is 1. The second-order valence-corrected chi connectivity index (χ2v) is 7.91. The van der Waals surface area contributed by atoms with E-state index in [2.05, 4.69) is 29.4 Å². The van der Waals surface area contributed by atoms with Crippen LogP contribution in [-0.2, 0) is 11.2 Å². The number of halogens is 1. The standard InChI is InChI=1S/C22H22FN3OS/c1-15-4-2-6-17(10-15)22-25-19(14-28-22)12-21(27)26-9-8-24-13-20(26)16-5-3-7-18(23)11-16/h2-7,10-11,14,20,24H,8-9,12-13H2,1H3. The maximum absolute atomic E-state index is 13.7. The summed E-state index contributed by atoms with van der Waals surface area (Å²) in [5, 5.41) is 6.18. The van der Waals surface area contributed by atoms with Gasteiger partial charge in [0.2, 0.25) is 5.91 Å². The lowest BCUT2D eigenvalue weighted by Gasteiger charge is -2.36. The van der Waals surface area contributed by atoms with Gasteiger partial charge in [-0.3, -0.25) is 4.79 Å². The molecule has 1 N–H and O–H groups in total. The van der Waals surface area contributed by atoms with Crippen LogP contribution < -0.4 is 5.32 Å². The lowest BCUT2D eigenvalue weighted by atomic mass is 10.0. The third kappa shape index (κ3) is 4.13. The molecule has 1 aliphatic rings. The summed E-state index contributed by atoms with van der Waals surface area (Å²) < 4.78 is 13.7. The van der Waals surface area contributed by atoms with Crippen LogP contribution in [0, 0.1) is 12.7 Å². The highest BCUT2D eigenvalue weighted by atomic mass is 32.1. The van der Waals surface area contributed by atoms with Crippen LogP contribution in [0.1, 0.15) is 22.9 Å². The van der Waals surface area contributed by atoms with Gasteiger partial charge in [-0.2, -0.15) is 0 Å². The Hall–Kier alpha value is -2.57. The molecule has 0 saturated carbocycles. The fourth-order valence-electron chi connectivity index (χ4n) is 3.57. The number of thiazole rings is 1. The number of aromatic nitrogens is 1. The van der Waals surface area contributed by atoms with Gasteiger partial charge < -0.3 is 10.2 Å². The molecule has 1 aromatic heterocycles. The topological polar surface area (TPSA) is 45.2 Å². The number of carbonyl (C=O) groups excluding carboxylic acids is 1. The summed E-state index contributed by atoms with van der Waals surface area (Å²) in [6.07, 6.45) is 0.258. The Bertz CT molecular complexity index is 987. The zero-order valence-electron chi connectivity index (χ0n) is 15.7. The molecular weight excluding hydrogens is 373 g/mol. The first-order chi connectivity index (χ1) is 13.6. The molecule has 28 heavy (non-hydrogen) atoms. The van der Waals surface area contributed by atoms with Crippen molar-refractivity contribution in [3.8, 4) is 10.6 Å². The maximum Gasteiger partial charge on any atom is 0.229 e. The van der Waals surface area contributed by atoms with Crippen molar-refractivity contribution >= 4 is 17.2 Å². The molecule has 3 aromatic rings. The van der Waals surface area contributed by atoms with Gasteiger partial charge in [0.1, 0.15) is 10.8 Å². The van der Waals surface area contributed by atoms with E-state index in [0.29, 0.717) is 13.1 Å². The van der Waals surface area contributed by atoms with E-state index in [-0.39, 0.29) is 24.2 Å². The Balaban J connectivity index is 1.51. The van der Waals surface area contributed by atoms with Crippen LogP contribution in [0.5, 0.6) is 0 Å². The molecule has 144 valence electrons. The van der Waals surface area contributed by atoms with Gasteiger partial charge in [0.25, 0.3) is 0 Å². The number of nitrogens with zero attached hydrogens (tertiary/aromatic N) is 2. The molecule has 1 unspecified atom stereocenters. The van der Waals surface area contributed by atoms with Crippen molar-refractivity contribution in [2.45, 2.75) is 19.4 Å². The SMILES string of the molecule is Cc1cccc(-c2nc(CC(=O)N3CCNCC3c3cccc(F)c3)cs2)c1. The predicted molar refractivity (Wildman–Crippen MR) is 110 cm³/mol. The molecule has 1 atom stereocenters. The number of hydrogen-bond donors (Lipinski definition) is 1. The van der Waals surface area contributed by atoms with Crippen molar-refractivity contribution in [2.75, 3.05) is 19.6 Å². The molecule has 4 nitrogen and oxygen atoms in total. The lowest BCUT2D eigenvalue weighted by Crippen LogP contribution is -2.49. The molecule has 0 bridgehead atoms. The van der Waals surface area contributed by atoms with Crippen LogP contribution in [0.15, 0.2) is 53.9 Å². The Labute approximate surface area is 168 Å². The Morgan fingerprint density at radius 1 is 1.29 bits per heavy atom. The van der Waals surface area contributed by atoms with Crippen LogP contribution in [0.25, 0.3) is 10.6 Å². The quantitative estimate of drug-likeness (QED) is 0.727. The molecule has 0 spiro atoms. The molecule has 2 aromatic carbocycles. The van der Waals surface area contributed by atoms with Crippen molar-refractivity contribution in [1.82, 2.24) is 15.2 Å². The first kappa shape index (κ1) is 18.8. The summed E-state index contributed by atoms with van der Waals surface area (Å²) >= 11 is 1.56. The van der Waals surface area contributed by atoms with Gasteiger partial charge in [0.15, 0.2) is 0 Å². The molecule has 0 radical (unpaired) electrons. The summed E-state index contributed by atoms with van der Waals surface area (Å²) in [6.45, 7) is 4.03. The first-order valence-corrected chi connectivity index (χ1v) is 10.3. The third-order valence-corrected chi connectivity index (χ3v) is 5.89. The van der Waals surface area contributed by atoms with Gasteiger partial charge in [0, 0.05) is 30.6 Å². The Morgan fingerprint density at radius 2 is 2.14 bits per heavy atom. The highest BCUT2D eigenvalue weighted by Crippen LogP contribution is 2.27. The molecule has 2 heterocycles. The van der Waals surface area contributed by atoms with Crippen molar-refractivity contribution in [2.24, 2.45) is 0 Å². The van der Waals surface area contributed by atoms with Gasteiger partial charge in [-0.05, 0) is 30.7 Å². The van der Waals surface area contributed by atoms with E-state index in [1.807, 2.05) is 28.5 Å². The van der Waals surface area contributed by atoms with E-state index in [1.54, 1.807) is 17.4 Å². The van der Waals surface area contributed by atoms with E-state index >= 15 is 0 Å². The molecule has 1 saturated heterocycles. The summed E-state index contributed by atoms with van der Waals surface area (Å²) in [4.78, 5) is 19.5. The fourth-order valence-corrected chi connectivity index (χ4v) is 4.39. The van der Waals surface area contributed by atoms with Crippen LogP contribution in [0.4, 0.5) is 4.39 Å². The molecule has 6 heteroatoms. The summed E-state index contributed by atoms with van der Waals surface area (Å²) in [5.41, 5.74) is 3.86. The molecule has 1 fully saturated rings. The van der Waals surface area contributed by atoms with Crippen molar-refractivity contribution < 1.29 is 9.18 Å². The van der Waals surface area contributed by atoms with E-state index in [4.69, 9.17) is 0 Å². The number of benzene rings is 2. The van der Waals surface area contributed by atoms with Gasteiger partial charge in [-0.1, -0.05) is 35.9 Å². The average molecular weight is 396 g/mol. The number of nitrogens with one attached hydrogen (secondary N) is 1. The number of carbonyl (C=O) groups is 1. The summed E-state index contributed by atoms with van der Waals surface area (Å²) in [7, 11) is 0. The van der Waals surface area contributed by atoms with E-state index in [9.17, 15) is 9.18 Å². The average Bonchev–Trinajstić information content (AvgIpc) is 3.16. The normalized spacial score (nSPS) is 16.9. The summed E-state index contributed by atoms with van der Waals surface area (Å²) in [6, 6.07) is 14.5. The number of rotatable bonds is 4. The smallest absolute Gasteiger partial charge is 0.229 e. The molecule has 4 rings (SSSR count). The highest BCUT2D eigenvalue weighted by Gasteiger charge is 2.28. The van der Waals surface area contributed by atoms with Crippen molar-refractivity contribution in [3.63, 3.8) is 0 Å². The molecule has 0 aliphatic carbocycles. The van der Waals surface area contributed by atoms with E-state index < -0.39 is 0 Å². The zero-order valence-corrected chi connectivity index (χ0v) is 16.5. The minimum Gasteiger partial charge on any atom is -0.333 e. The maximum atomic E-state index is 13.7. The highest BCUT2D eigenvalue weighted by molar-refractivity contribution is 7.13. The predicted octanol–water partition coefficient (Wildman–Crippen LogP) is 3.97. The number of amides is 1. The second kappa shape index (κ2) is 8.20. The minimum atomic E-state index is -0.280. The minimum absolute atomic E-state index is 0.0249. The van der Waals surface area contributed by atoms with Crippen LogP contribution in [0.2, 0.25) is 0 Å².